The molecular weight excluding hydrogens is 372 g/mol. The summed E-state index contributed by atoms with van der Waals surface area (Å²) in [5, 5.41) is 0. The minimum atomic E-state index is 0. The normalized spacial score (nSPS) is 8.65. The van der Waals surface area contributed by atoms with Crippen LogP contribution in [0.15, 0.2) is 30.3 Å². The maximum atomic E-state index is 4.71. The predicted molar refractivity (Wildman–Crippen MR) is 108 cm³/mol. The maximum absolute atomic E-state index is 4.71. The molecule has 0 unspecified atom stereocenters. The van der Waals surface area contributed by atoms with Gasteiger partial charge in [0.1, 0.15) is 4.32 Å². The van der Waals surface area contributed by atoms with Crippen LogP contribution in [0.2, 0.25) is 0 Å². The molecule has 0 atom stereocenters. The SMILES string of the molecule is NC(=S)S.[CH2-]CCCCCCCCCCC.[Zn+2].[c-]1ccccc1. The first kappa shape index (κ1) is 27.9. The van der Waals surface area contributed by atoms with Crippen LogP contribution in [0.3, 0.4) is 0 Å². The fraction of sp³-hybridized carbons (Fsp3) is 0.579. The van der Waals surface area contributed by atoms with Crippen LogP contribution in [-0.2, 0) is 19.5 Å². The van der Waals surface area contributed by atoms with E-state index in [9.17, 15) is 0 Å². The average molecular weight is 405 g/mol. The van der Waals surface area contributed by atoms with E-state index in [2.05, 4.69) is 44.8 Å². The molecule has 4 heteroatoms. The van der Waals surface area contributed by atoms with Crippen molar-refractivity contribution >= 4 is 29.2 Å². The van der Waals surface area contributed by atoms with Crippen molar-refractivity contribution in [3.8, 4) is 0 Å². The first-order valence-electron chi connectivity index (χ1n) is 8.33. The Hall–Kier alpha value is 0.0834. The van der Waals surface area contributed by atoms with E-state index in [0.29, 0.717) is 0 Å². The van der Waals surface area contributed by atoms with Gasteiger partial charge in [-0.1, -0.05) is 76.9 Å². The Balaban J connectivity index is -0.000000302. The number of hydrogen-bond acceptors (Lipinski definition) is 1. The van der Waals surface area contributed by atoms with Crippen molar-refractivity contribution in [2.45, 2.75) is 71.1 Å². The van der Waals surface area contributed by atoms with E-state index in [0.717, 1.165) is 6.42 Å². The fourth-order valence-corrected chi connectivity index (χ4v) is 1.83. The summed E-state index contributed by atoms with van der Waals surface area (Å²) >= 11 is 7.65. The van der Waals surface area contributed by atoms with Crippen LogP contribution in [0.25, 0.3) is 0 Å². The van der Waals surface area contributed by atoms with Crippen molar-refractivity contribution in [2.24, 2.45) is 5.73 Å². The van der Waals surface area contributed by atoms with Crippen molar-refractivity contribution in [3.63, 3.8) is 0 Å². The first-order chi connectivity index (χ1) is 10.6. The van der Waals surface area contributed by atoms with Crippen LogP contribution in [0.1, 0.15) is 71.1 Å². The molecule has 1 aromatic carbocycles. The maximum Gasteiger partial charge on any atom is 2.00 e. The monoisotopic (exact) mass is 403 g/mol. The Labute approximate surface area is 168 Å². The van der Waals surface area contributed by atoms with Crippen LogP contribution >= 0.6 is 24.8 Å². The molecule has 0 aromatic heterocycles. The third kappa shape index (κ3) is 39.2. The average Bonchev–Trinajstić information content (AvgIpc) is 2.52. The molecule has 0 amide bonds. The van der Waals surface area contributed by atoms with Crippen LogP contribution in [-0.4, -0.2) is 4.32 Å². The fourth-order valence-electron chi connectivity index (χ4n) is 1.83. The van der Waals surface area contributed by atoms with E-state index in [4.69, 9.17) is 5.73 Å². The van der Waals surface area contributed by atoms with Crippen LogP contribution in [0.4, 0.5) is 0 Å². The summed E-state index contributed by atoms with van der Waals surface area (Å²) in [5.74, 6) is 0. The van der Waals surface area contributed by atoms with Crippen molar-refractivity contribution in [1.82, 2.24) is 0 Å². The number of benzene rings is 1. The quantitative estimate of drug-likeness (QED) is 0.164. The van der Waals surface area contributed by atoms with Gasteiger partial charge in [-0.3, -0.25) is 0 Å². The summed E-state index contributed by atoms with van der Waals surface area (Å²) in [7, 11) is 0. The molecule has 0 radical (unpaired) electrons. The second-order valence-corrected chi connectivity index (χ2v) is 6.32. The van der Waals surface area contributed by atoms with Gasteiger partial charge in [-0.15, -0.1) is 12.6 Å². The van der Waals surface area contributed by atoms with E-state index in [-0.39, 0.29) is 23.8 Å². The zero-order chi connectivity index (χ0) is 16.9. The number of thiol groups is 1. The van der Waals surface area contributed by atoms with Gasteiger partial charge >= 0.3 is 19.5 Å². The van der Waals surface area contributed by atoms with E-state index >= 15 is 0 Å². The molecule has 0 aliphatic heterocycles. The molecule has 0 heterocycles. The minimum absolute atomic E-state index is 0. The number of nitrogens with two attached hydrogens (primary N) is 1. The third-order valence-electron chi connectivity index (χ3n) is 2.96. The summed E-state index contributed by atoms with van der Waals surface area (Å²) in [6.45, 7) is 6.12. The zero-order valence-electron chi connectivity index (χ0n) is 14.8. The van der Waals surface area contributed by atoms with E-state index in [1.807, 2.05) is 30.3 Å². The van der Waals surface area contributed by atoms with Gasteiger partial charge in [0.15, 0.2) is 0 Å². The molecular formula is C19H33NS2Zn. The Morgan fingerprint density at radius 3 is 1.61 bits per heavy atom. The number of rotatable bonds is 9. The zero-order valence-corrected chi connectivity index (χ0v) is 19.5. The number of thiocarbonyl (C=S) groups is 1. The van der Waals surface area contributed by atoms with E-state index in [1.165, 1.54) is 57.8 Å². The van der Waals surface area contributed by atoms with Gasteiger partial charge in [0.05, 0.1) is 0 Å². The second kappa shape index (κ2) is 27.0. The topological polar surface area (TPSA) is 26.0 Å². The first-order valence-corrected chi connectivity index (χ1v) is 9.19. The van der Waals surface area contributed by atoms with Crippen molar-refractivity contribution < 1.29 is 19.5 Å². The minimum Gasteiger partial charge on any atom is -0.385 e. The molecule has 128 valence electrons. The molecule has 23 heavy (non-hydrogen) atoms. The number of hydrogen-bond donors (Lipinski definition) is 2. The summed E-state index contributed by atoms with van der Waals surface area (Å²) < 4.78 is 0.194. The largest absolute Gasteiger partial charge is 2.00 e. The standard InChI is InChI=1S/C12H25.C6H5.CH3NS2.Zn/c1-3-5-7-9-11-12-10-8-6-4-2;1-2-4-6-5-3-1;2-1(3)4;/h1,3-12H2,2H3;1-5H;(H3,2,3,4);/q2*-1;;+2. The Morgan fingerprint density at radius 2 is 1.35 bits per heavy atom. The summed E-state index contributed by atoms with van der Waals surface area (Å²) in [6.07, 6.45) is 13.9. The van der Waals surface area contributed by atoms with Gasteiger partial charge < -0.3 is 12.7 Å². The van der Waals surface area contributed by atoms with Gasteiger partial charge in [-0.25, -0.2) is 0 Å². The molecule has 2 N–H and O–H groups in total. The van der Waals surface area contributed by atoms with E-state index < -0.39 is 0 Å². The molecule has 1 aromatic rings. The summed E-state index contributed by atoms with van der Waals surface area (Å²) in [6, 6.07) is 12.5. The van der Waals surface area contributed by atoms with E-state index in [1.54, 1.807) is 0 Å². The summed E-state index contributed by atoms with van der Waals surface area (Å²) in [5.41, 5.74) is 4.71. The Kier molecular flexibility index (Phi) is 32.7. The molecule has 0 saturated heterocycles. The second-order valence-electron chi connectivity index (χ2n) is 5.10. The van der Waals surface area contributed by atoms with Gasteiger partial charge in [0.2, 0.25) is 0 Å². The molecule has 1 nitrogen and oxygen atoms in total. The van der Waals surface area contributed by atoms with Gasteiger partial charge in [-0.2, -0.15) is 42.8 Å². The van der Waals surface area contributed by atoms with Crippen LogP contribution in [0, 0.1) is 13.0 Å². The van der Waals surface area contributed by atoms with Gasteiger partial charge in [-0.05, 0) is 0 Å². The molecule has 0 aliphatic carbocycles. The predicted octanol–water partition coefficient (Wildman–Crippen LogP) is 6.39. The van der Waals surface area contributed by atoms with Gasteiger partial charge in [0.25, 0.3) is 0 Å². The molecule has 0 saturated carbocycles. The molecule has 0 spiro atoms. The van der Waals surface area contributed by atoms with Crippen LogP contribution < -0.4 is 5.73 Å². The molecule has 1 rings (SSSR count). The molecule has 0 aliphatic rings. The van der Waals surface area contributed by atoms with Crippen molar-refractivity contribution in [3.05, 3.63) is 43.3 Å². The van der Waals surface area contributed by atoms with Crippen LogP contribution in [0.5, 0.6) is 0 Å². The third-order valence-corrected chi connectivity index (χ3v) is 2.96. The Morgan fingerprint density at radius 1 is 0.957 bits per heavy atom. The molecule has 0 bridgehead atoms. The molecule has 0 fully saturated rings. The van der Waals surface area contributed by atoms with Crippen molar-refractivity contribution in [2.75, 3.05) is 0 Å². The number of unbranched alkanes of at least 4 members (excludes halogenated alkanes) is 9. The Bertz CT molecular complexity index is 267. The van der Waals surface area contributed by atoms with Crippen molar-refractivity contribution in [1.29, 1.82) is 0 Å². The van der Waals surface area contributed by atoms with Gasteiger partial charge in [0, 0.05) is 0 Å². The summed E-state index contributed by atoms with van der Waals surface area (Å²) in [4.78, 5) is 0. The smallest absolute Gasteiger partial charge is 0.385 e.